The lowest BCUT2D eigenvalue weighted by Crippen LogP contribution is -2.54. The maximum atomic E-state index is 11.3. The van der Waals surface area contributed by atoms with Crippen LogP contribution in [0.3, 0.4) is 0 Å². The largest absolute Gasteiger partial charge is 0.394 e. The molecule has 1 atom stereocenters. The Morgan fingerprint density at radius 3 is 2.80 bits per heavy atom. The molecule has 112 valence electrons. The number of anilines is 1. The van der Waals surface area contributed by atoms with Crippen molar-refractivity contribution in [3.05, 3.63) is 15.8 Å². The number of hydrogen-bond donors (Lipinski definition) is 1. The smallest absolute Gasteiger partial charge is 0.333 e. The number of hydrogen-bond acceptors (Lipinski definition) is 6. The molecule has 1 aliphatic heterocycles. The van der Waals surface area contributed by atoms with Crippen molar-refractivity contribution in [2.24, 2.45) is 7.05 Å². The molecular weight excluding hydrogens is 264 g/mol. The molecule has 0 amide bonds. The van der Waals surface area contributed by atoms with Crippen LogP contribution < -0.4 is 4.90 Å². The maximum Gasteiger partial charge on any atom is 0.333 e. The van der Waals surface area contributed by atoms with Crippen molar-refractivity contribution < 1.29 is 14.8 Å². The van der Waals surface area contributed by atoms with E-state index >= 15 is 0 Å². The van der Waals surface area contributed by atoms with E-state index < -0.39 is 10.5 Å². The van der Waals surface area contributed by atoms with Gasteiger partial charge in [-0.2, -0.15) is 5.10 Å². The molecule has 8 heteroatoms. The number of nitro groups is 1. The molecular formula is C12H20N4O4. The Balaban J connectivity index is 2.42. The zero-order valence-electron chi connectivity index (χ0n) is 12.2. The third kappa shape index (κ3) is 2.61. The number of aromatic nitrogens is 2. The van der Waals surface area contributed by atoms with Gasteiger partial charge >= 0.3 is 5.69 Å². The fourth-order valence-electron chi connectivity index (χ4n) is 2.76. The Labute approximate surface area is 117 Å². The molecule has 1 aromatic rings. The number of aliphatic hydroxyl groups is 1. The van der Waals surface area contributed by atoms with Gasteiger partial charge in [0, 0.05) is 20.1 Å². The minimum Gasteiger partial charge on any atom is -0.394 e. The van der Waals surface area contributed by atoms with Crippen LogP contribution in [-0.2, 0) is 11.8 Å². The zero-order valence-corrected chi connectivity index (χ0v) is 12.2. The van der Waals surface area contributed by atoms with Crippen LogP contribution in [0.4, 0.5) is 11.5 Å². The number of morpholine rings is 1. The first kappa shape index (κ1) is 14.7. The van der Waals surface area contributed by atoms with Crippen LogP contribution in [0, 0.1) is 17.0 Å². The summed E-state index contributed by atoms with van der Waals surface area (Å²) >= 11 is 0. The number of aliphatic hydroxyl groups excluding tert-OH is 1. The van der Waals surface area contributed by atoms with E-state index in [4.69, 9.17) is 4.74 Å². The molecule has 1 saturated heterocycles. The molecule has 20 heavy (non-hydrogen) atoms. The Kier molecular flexibility index (Phi) is 3.70. The summed E-state index contributed by atoms with van der Waals surface area (Å²) in [5.74, 6) is 0.460. The van der Waals surface area contributed by atoms with E-state index in [1.54, 1.807) is 14.0 Å². The highest BCUT2D eigenvalue weighted by Gasteiger charge is 2.38. The summed E-state index contributed by atoms with van der Waals surface area (Å²) in [6, 6.07) is 0. The number of nitrogens with zero attached hydrogens (tertiary/aromatic N) is 4. The van der Waals surface area contributed by atoms with E-state index in [9.17, 15) is 15.2 Å². The number of rotatable bonds is 3. The van der Waals surface area contributed by atoms with Crippen molar-refractivity contribution in [1.82, 2.24) is 9.78 Å². The lowest BCUT2D eigenvalue weighted by Gasteiger charge is -2.42. The van der Waals surface area contributed by atoms with E-state index in [1.165, 1.54) is 4.68 Å². The van der Waals surface area contributed by atoms with Crippen LogP contribution in [0.15, 0.2) is 0 Å². The average Bonchev–Trinajstić information content (AvgIpc) is 2.62. The Bertz CT molecular complexity index is 526. The van der Waals surface area contributed by atoms with Gasteiger partial charge in [-0.1, -0.05) is 0 Å². The van der Waals surface area contributed by atoms with Gasteiger partial charge in [-0.25, -0.2) is 4.68 Å². The van der Waals surface area contributed by atoms with Crippen LogP contribution in [0.1, 0.15) is 19.5 Å². The second-order valence-electron chi connectivity index (χ2n) is 5.70. The van der Waals surface area contributed by atoms with Crippen LogP contribution in [0.25, 0.3) is 0 Å². The predicted octanol–water partition coefficient (Wildman–Crippen LogP) is 0.613. The average molecular weight is 284 g/mol. The first-order valence-corrected chi connectivity index (χ1v) is 6.47. The third-order valence-electron chi connectivity index (χ3n) is 3.33. The van der Waals surface area contributed by atoms with Crippen molar-refractivity contribution in [3.8, 4) is 0 Å². The summed E-state index contributed by atoms with van der Waals surface area (Å²) in [6.45, 7) is 6.21. The van der Waals surface area contributed by atoms with Gasteiger partial charge in [-0.05, 0) is 20.8 Å². The molecule has 1 unspecified atom stereocenters. The minimum atomic E-state index is -0.488. The van der Waals surface area contributed by atoms with Gasteiger partial charge in [0.2, 0.25) is 5.82 Å². The minimum absolute atomic E-state index is 0.0156. The van der Waals surface area contributed by atoms with Gasteiger partial charge in [-0.15, -0.1) is 0 Å². The van der Waals surface area contributed by atoms with Crippen molar-refractivity contribution in [2.45, 2.75) is 32.5 Å². The lowest BCUT2D eigenvalue weighted by atomic mass is 10.1. The summed E-state index contributed by atoms with van der Waals surface area (Å²) in [5, 5.41) is 24.7. The summed E-state index contributed by atoms with van der Waals surface area (Å²) < 4.78 is 7.25. The molecule has 1 aliphatic rings. The fraction of sp³-hybridized carbons (Fsp3) is 0.750. The third-order valence-corrected chi connectivity index (χ3v) is 3.33. The van der Waals surface area contributed by atoms with E-state index in [-0.39, 0.29) is 18.4 Å². The fourth-order valence-corrected chi connectivity index (χ4v) is 2.76. The van der Waals surface area contributed by atoms with Crippen LogP contribution in [0.5, 0.6) is 0 Å². The van der Waals surface area contributed by atoms with E-state index in [2.05, 4.69) is 5.10 Å². The first-order chi connectivity index (χ1) is 9.25. The number of ether oxygens (including phenoxy) is 1. The molecule has 0 aliphatic carbocycles. The van der Waals surface area contributed by atoms with Crippen LogP contribution in [0.2, 0.25) is 0 Å². The van der Waals surface area contributed by atoms with Crippen molar-refractivity contribution >= 4 is 11.5 Å². The normalized spacial score (nSPS) is 22.1. The summed E-state index contributed by atoms with van der Waals surface area (Å²) in [4.78, 5) is 12.7. The predicted molar refractivity (Wildman–Crippen MR) is 72.9 cm³/mol. The van der Waals surface area contributed by atoms with Gasteiger partial charge in [0.25, 0.3) is 0 Å². The molecule has 0 spiro atoms. The molecule has 1 N–H and O–H groups in total. The molecule has 0 saturated carbocycles. The van der Waals surface area contributed by atoms with Gasteiger partial charge in [-0.3, -0.25) is 10.1 Å². The van der Waals surface area contributed by atoms with E-state index in [1.807, 2.05) is 18.7 Å². The molecule has 0 radical (unpaired) electrons. The molecule has 0 aromatic carbocycles. The highest BCUT2D eigenvalue weighted by atomic mass is 16.6. The molecule has 2 rings (SSSR count). The summed E-state index contributed by atoms with van der Waals surface area (Å²) in [5.41, 5.74) is -0.0863. The van der Waals surface area contributed by atoms with E-state index in [0.29, 0.717) is 24.6 Å². The quantitative estimate of drug-likeness (QED) is 0.645. The number of aryl methyl sites for hydroxylation is 2. The van der Waals surface area contributed by atoms with Crippen molar-refractivity contribution in [1.29, 1.82) is 0 Å². The monoisotopic (exact) mass is 284 g/mol. The topological polar surface area (TPSA) is 93.7 Å². The SMILES string of the molecule is Cc1nn(C)c(N2CC(CO)OC(C)(C)C2)c1[N+](=O)[O-]. The first-order valence-electron chi connectivity index (χ1n) is 6.47. The van der Waals surface area contributed by atoms with Gasteiger partial charge in [0.05, 0.1) is 23.2 Å². The standard InChI is InChI=1S/C12H20N4O4/c1-8-10(16(18)19)11(14(4)13-8)15-5-9(6-17)20-12(2,3)7-15/h9,17H,5-7H2,1-4H3. The molecule has 1 fully saturated rings. The highest BCUT2D eigenvalue weighted by Crippen LogP contribution is 2.34. The maximum absolute atomic E-state index is 11.3. The van der Waals surface area contributed by atoms with Gasteiger partial charge in [0.1, 0.15) is 5.69 Å². The second-order valence-corrected chi connectivity index (χ2v) is 5.70. The lowest BCUT2D eigenvalue weighted by molar-refractivity contribution is -0.384. The van der Waals surface area contributed by atoms with Crippen LogP contribution >= 0.6 is 0 Å². The van der Waals surface area contributed by atoms with E-state index in [0.717, 1.165) is 0 Å². The molecule has 1 aromatic heterocycles. The molecule has 0 bridgehead atoms. The highest BCUT2D eigenvalue weighted by molar-refractivity contribution is 5.61. The Hall–Kier alpha value is -1.67. The van der Waals surface area contributed by atoms with Crippen LogP contribution in [-0.4, -0.2) is 51.2 Å². The summed E-state index contributed by atoms with van der Waals surface area (Å²) in [7, 11) is 1.69. The second kappa shape index (κ2) is 5.02. The van der Waals surface area contributed by atoms with Gasteiger partial charge < -0.3 is 14.7 Å². The van der Waals surface area contributed by atoms with Gasteiger partial charge in [0.15, 0.2) is 0 Å². The Morgan fingerprint density at radius 2 is 2.25 bits per heavy atom. The Morgan fingerprint density at radius 1 is 1.60 bits per heavy atom. The zero-order chi connectivity index (χ0) is 15.1. The molecule has 2 heterocycles. The van der Waals surface area contributed by atoms with Crippen molar-refractivity contribution in [2.75, 3.05) is 24.6 Å². The molecule has 8 nitrogen and oxygen atoms in total. The van der Waals surface area contributed by atoms with Crippen molar-refractivity contribution in [3.63, 3.8) is 0 Å². The summed E-state index contributed by atoms with van der Waals surface area (Å²) in [6.07, 6.45) is -0.367.